The molecule has 0 aliphatic carbocycles. The highest BCUT2D eigenvalue weighted by atomic mass is 16.5. The molecule has 0 spiro atoms. The number of benzene rings is 1. The molecule has 0 aliphatic rings. The predicted octanol–water partition coefficient (Wildman–Crippen LogP) is 1.47. The minimum Gasteiger partial charge on any atom is -0.504 e. The van der Waals surface area contributed by atoms with Gasteiger partial charge in [-0.05, 0) is 31.5 Å². The molecule has 1 rings (SSSR count). The first-order valence-electron chi connectivity index (χ1n) is 6.83. The summed E-state index contributed by atoms with van der Waals surface area (Å²) >= 11 is 0. The lowest BCUT2D eigenvalue weighted by Gasteiger charge is -2.17. The van der Waals surface area contributed by atoms with Gasteiger partial charge in [0.2, 0.25) is 5.91 Å². The lowest BCUT2D eigenvalue weighted by molar-refractivity contribution is -0.119. The number of phenolic OH excluding ortho intramolecular Hbond substituents is 1. The number of rotatable bonds is 7. The summed E-state index contributed by atoms with van der Waals surface area (Å²) in [6.45, 7) is 6.02. The number of amides is 1. The molecule has 0 saturated heterocycles. The Morgan fingerprint density at radius 2 is 2.24 bits per heavy atom. The van der Waals surface area contributed by atoms with Gasteiger partial charge in [-0.25, -0.2) is 0 Å². The van der Waals surface area contributed by atoms with E-state index < -0.39 is 6.04 Å². The molecule has 1 aromatic rings. The Balaban J connectivity index is 2.74. The van der Waals surface area contributed by atoms with Crippen molar-refractivity contribution in [1.82, 2.24) is 10.6 Å². The minimum atomic E-state index is -0.541. The summed E-state index contributed by atoms with van der Waals surface area (Å²) in [6, 6.07) is 6.35. The number of hydrogen-bond acceptors (Lipinski definition) is 5. The number of nitrogens with zero attached hydrogens (tertiary/aromatic N) is 1. The SMILES string of the molecule is CCOc1cc(C(C#N)NCC(C)NC(C)=O)ccc1O. The first kappa shape index (κ1) is 16.8. The van der Waals surface area contributed by atoms with Crippen molar-refractivity contribution in [2.24, 2.45) is 0 Å². The molecule has 2 atom stereocenters. The van der Waals surface area contributed by atoms with E-state index in [-0.39, 0.29) is 17.7 Å². The van der Waals surface area contributed by atoms with E-state index in [9.17, 15) is 15.2 Å². The van der Waals surface area contributed by atoms with Crippen molar-refractivity contribution in [2.45, 2.75) is 32.9 Å². The average Bonchev–Trinajstić information content (AvgIpc) is 2.42. The number of nitriles is 1. The van der Waals surface area contributed by atoms with Crippen molar-refractivity contribution in [3.05, 3.63) is 23.8 Å². The van der Waals surface area contributed by atoms with Crippen LogP contribution in [0.25, 0.3) is 0 Å². The van der Waals surface area contributed by atoms with E-state index in [0.717, 1.165) is 0 Å². The topological polar surface area (TPSA) is 94.4 Å². The van der Waals surface area contributed by atoms with Gasteiger partial charge < -0.3 is 15.2 Å². The van der Waals surface area contributed by atoms with Gasteiger partial charge in [0.15, 0.2) is 11.5 Å². The Kier molecular flexibility index (Phi) is 6.50. The van der Waals surface area contributed by atoms with Crippen LogP contribution in [0.5, 0.6) is 11.5 Å². The van der Waals surface area contributed by atoms with Gasteiger partial charge >= 0.3 is 0 Å². The van der Waals surface area contributed by atoms with Crippen molar-refractivity contribution in [1.29, 1.82) is 5.26 Å². The molecule has 0 fully saturated rings. The highest BCUT2D eigenvalue weighted by Crippen LogP contribution is 2.29. The minimum absolute atomic E-state index is 0.0453. The van der Waals surface area contributed by atoms with E-state index in [2.05, 4.69) is 16.7 Å². The predicted molar refractivity (Wildman–Crippen MR) is 78.9 cm³/mol. The second-order valence-electron chi connectivity index (χ2n) is 4.73. The second kappa shape index (κ2) is 8.12. The molecule has 0 heterocycles. The van der Waals surface area contributed by atoms with Crippen molar-refractivity contribution in [2.75, 3.05) is 13.2 Å². The Morgan fingerprint density at radius 1 is 1.52 bits per heavy atom. The summed E-state index contributed by atoms with van der Waals surface area (Å²) in [7, 11) is 0. The quantitative estimate of drug-likeness (QED) is 0.707. The highest BCUT2D eigenvalue weighted by molar-refractivity contribution is 5.73. The van der Waals surface area contributed by atoms with E-state index in [0.29, 0.717) is 24.5 Å². The molecule has 1 aromatic carbocycles. The summed E-state index contributed by atoms with van der Waals surface area (Å²) in [4.78, 5) is 10.9. The maximum absolute atomic E-state index is 10.9. The second-order valence-corrected chi connectivity index (χ2v) is 4.73. The van der Waals surface area contributed by atoms with Crippen LogP contribution >= 0.6 is 0 Å². The molecule has 6 nitrogen and oxygen atoms in total. The van der Waals surface area contributed by atoms with Crippen LogP contribution in [0.4, 0.5) is 0 Å². The first-order valence-corrected chi connectivity index (χ1v) is 6.83. The molecule has 3 N–H and O–H groups in total. The Hall–Kier alpha value is -2.26. The molecular formula is C15H21N3O3. The van der Waals surface area contributed by atoms with Crippen LogP contribution in [0, 0.1) is 11.3 Å². The molecule has 2 unspecified atom stereocenters. The molecule has 0 aromatic heterocycles. The van der Waals surface area contributed by atoms with Crippen LogP contribution in [0.2, 0.25) is 0 Å². The average molecular weight is 291 g/mol. The van der Waals surface area contributed by atoms with Crippen molar-refractivity contribution in [3.63, 3.8) is 0 Å². The number of hydrogen-bond donors (Lipinski definition) is 3. The molecule has 0 bridgehead atoms. The van der Waals surface area contributed by atoms with Gasteiger partial charge in [0.05, 0.1) is 12.7 Å². The summed E-state index contributed by atoms with van der Waals surface area (Å²) in [5.41, 5.74) is 0.703. The van der Waals surface area contributed by atoms with E-state index >= 15 is 0 Å². The van der Waals surface area contributed by atoms with Crippen LogP contribution in [-0.2, 0) is 4.79 Å². The fourth-order valence-corrected chi connectivity index (χ4v) is 1.91. The van der Waals surface area contributed by atoms with E-state index in [1.54, 1.807) is 12.1 Å². The van der Waals surface area contributed by atoms with Gasteiger partial charge in [-0.1, -0.05) is 6.07 Å². The number of ether oxygens (including phenoxy) is 1. The number of phenols is 1. The van der Waals surface area contributed by atoms with Crippen molar-refractivity contribution < 1.29 is 14.6 Å². The Bertz CT molecular complexity index is 525. The fraction of sp³-hybridized carbons (Fsp3) is 0.467. The maximum atomic E-state index is 10.9. The van der Waals surface area contributed by atoms with Gasteiger partial charge in [0.1, 0.15) is 6.04 Å². The summed E-state index contributed by atoms with van der Waals surface area (Å²) < 4.78 is 5.31. The molecule has 21 heavy (non-hydrogen) atoms. The van der Waals surface area contributed by atoms with Crippen LogP contribution in [-0.4, -0.2) is 30.2 Å². The summed E-state index contributed by atoms with van der Waals surface area (Å²) in [5.74, 6) is 0.289. The van der Waals surface area contributed by atoms with Crippen LogP contribution in [0.1, 0.15) is 32.4 Å². The fourth-order valence-electron chi connectivity index (χ4n) is 1.91. The van der Waals surface area contributed by atoms with E-state index in [1.165, 1.54) is 13.0 Å². The number of carbonyl (C=O) groups excluding carboxylic acids is 1. The summed E-state index contributed by atoms with van der Waals surface area (Å²) in [5, 5.41) is 24.7. The third kappa shape index (κ3) is 5.32. The molecular weight excluding hydrogens is 270 g/mol. The van der Waals surface area contributed by atoms with Crippen molar-refractivity contribution >= 4 is 5.91 Å². The van der Waals surface area contributed by atoms with Crippen LogP contribution in [0.15, 0.2) is 18.2 Å². The van der Waals surface area contributed by atoms with Gasteiger partial charge in [-0.15, -0.1) is 0 Å². The number of carbonyl (C=O) groups is 1. The lowest BCUT2D eigenvalue weighted by atomic mass is 10.1. The molecule has 6 heteroatoms. The third-order valence-corrected chi connectivity index (χ3v) is 2.82. The molecule has 0 radical (unpaired) electrons. The molecule has 0 saturated carbocycles. The highest BCUT2D eigenvalue weighted by Gasteiger charge is 2.14. The van der Waals surface area contributed by atoms with E-state index in [4.69, 9.17) is 4.74 Å². The van der Waals surface area contributed by atoms with Gasteiger partial charge in [0, 0.05) is 19.5 Å². The smallest absolute Gasteiger partial charge is 0.217 e. The Labute approximate surface area is 124 Å². The van der Waals surface area contributed by atoms with E-state index in [1.807, 2.05) is 13.8 Å². The Morgan fingerprint density at radius 3 is 2.81 bits per heavy atom. The zero-order valence-corrected chi connectivity index (χ0v) is 12.5. The van der Waals surface area contributed by atoms with Crippen LogP contribution in [0.3, 0.4) is 0 Å². The van der Waals surface area contributed by atoms with Gasteiger partial charge in [0.25, 0.3) is 0 Å². The number of nitrogens with one attached hydrogen (secondary N) is 2. The molecule has 114 valence electrons. The zero-order valence-electron chi connectivity index (χ0n) is 12.5. The largest absolute Gasteiger partial charge is 0.504 e. The third-order valence-electron chi connectivity index (χ3n) is 2.82. The summed E-state index contributed by atoms with van der Waals surface area (Å²) in [6.07, 6.45) is 0. The zero-order chi connectivity index (χ0) is 15.8. The lowest BCUT2D eigenvalue weighted by Crippen LogP contribution is -2.39. The first-order chi connectivity index (χ1) is 9.97. The normalized spacial score (nSPS) is 13.0. The van der Waals surface area contributed by atoms with Gasteiger partial charge in [-0.2, -0.15) is 5.26 Å². The molecule has 0 aliphatic heterocycles. The van der Waals surface area contributed by atoms with Gasteiger partial charge in [-0.3, -0.25) is 10.1 Å². The van der Waals surface area contributed by atoms with Crippen molar-refractivity contribution in [3.8, 4) is 17.6 Å². The maximum Gasteiger partial charge on any atom is 0.217 e. The monoisotopic (exact) mass is 291 g/mol. The molecule has 1 amide bonds. The van der Waals surface area contributed by atoms with Crippen LogP contribution < -0.4 is 15.4 Å². The standard InChI is InChI=1S/C15H21N3O3/c1-4-21-15-7-12(5-6-14(15)20)13(8-16)17-9-10(2)18-11(3)19/h5-7,10,13,17,20H,4,9H2,1-3H3,(H,18,19). The number of aromatic hydroxyl groups is 1.